The van der Waals surface area contributed by atoms with Gasteiger partial charge in [0.15, 0.2) is 0 Å². The number of nitriles is 1. The maximum absolute atomic E-state index is 12.8. The van der Waals surface area contributed by atoms with Gasteiger partial charge in [-0.3, -0.25) is 10.1 Å². The Morgan fingerprint density at radius 2 is 2.19 bits per heavy atom. The van der Waals surface area contributed by atoms with E-state index >= 15 is 0 Å². The number of benzene rings is 1. The van der Waals surface area contributed by atoms with Gasteiger partial charge in [0.05, 0.1) is 17.8 Å². The van der Waals surface area contributed by atoms with Crippen LogP contribution in [-0.4, -0.2) is 41.2 Å². The number of amides is 1. The molecule has 6 nitrogen and oxygen atoms in total. The van der Waals surface area contributed by atoms with Crippen LogP contribution in [0.1, 0.15) is 31.2 Å². The minimum Gasteiger partial charge on any atom is -0.391 e. The standard InChI is InChI=1S/C19H22N4O2.ClH/c20-11-15-7-4-8-23(15)19(24)18-14-9-16(21-18)17(10-14)22-25-12-13-5-2-1-3-6-13;/h1-3,5-6,14-16,18,21H,4,7-10,12H2;1H/b22-17+;/t14-,15-,16+,18-;/m0./s1. The van der Waals surface area contributed by atoms with Crippen molar-refractivity contribution >= 4 is 24.0 Å². The zero-order valence-corrected chi connectivity index (χ0v) is 15.3. The summed E-state index contributed by atoms with van der Waals surface area (Å²) < 4.78 is 0. The highest BCUT2D eigenvalue weighted by atomic mass is 35.5. The van der Waals surface area contributed by atoms with Crippen molar-refractivity contribution in [3.63, 3.8) is 0 Å². The predicted molar refractivity (Wildman–Crippen MR) is 99.7 cm³/mol. The van der Waals surface area contributed by atoms with Gasteiger partial charge in [0.2, 0.25) is 5.91 Å². The number of carbonyl (C=O) groups is 1. The van der Waals surface area contributed by atoms with E-state index in [-0.39, 0.29) is 42.4 Å². The number of piperidine rings is 1. The van der Waals surface area contributed by atoms with Crippen molar-refractivity contribution in [3.8, 4) is 6.07 Å². The van der Waals surface area contributed by atoms with E-state index < -0.39 is 0 Å². The van der Waals surface area contributed by atoms with Crippen molar-refractivity contribution < 1.29 is 9.63 Å². The second-order valence-corrected chi connectivity index (χ2v) is 7.06. The average Bonchev–Trinajstić information content (AvgIpc) is 3.37. The van der Waals surface area contributed by atoms with Gasteiger partial charge >= 0.3 is 0 Å². The molecule has 2 bridgehead atoms. The number of carbonyl (C=O) groups excluding carboxylic acids is 1. The third kappa shape index (κ3) is 3.55. The first-order valence-corrected chi connectivity index (χ1v) is 8.95. The first-order chi connectivity index (χ1) is 12.3. The highest BCUT2D eigenvalue weighted by molar-refractivity contribution is 5.96. The van der Waals surface area contributed by atoms with Crippen LogP contribution < -0.4 is 5.32 Å². The lowest BCUT2D eigenvalue weighted by molar-refractivity contribution is -0.134. The van der Waals surface area contributed by atoms with Crippen molar-refractivity contribution in [3.05, 3.63) is 35.9 Å². The van der Waals surface area contributed by atoms with Gasteiger partial charge in [-0.25, -0.2) is 0 Å². The van der Waals surface area contributed by atoms with Crippen LogP contribution in [0.25, 0.3) is 0 Å². The van der Waals surface area contributed by atoms with Crippen LogP contribution in [0.15, 0.2) is 35.5 Å². The highest BCUT2D eigenvalue weighted by Crippen LogP contribution is 2.35. The molecule has 1 aromatic carbocycles. The van der Waals surface area contributed by atoms with Gasteiger partial charge in [-0.2, -0.15) is 5.26 Å². The van der Waals surface area contributed by atoms with E-state index in [1.165, 1.54) is 0 Å². The first kappa shape index (κ1) is 18.7. The molecule has 138 valence electrons. The van der Waals surface area contributed by atoms with E-state index in [0.29, 0.717) is 13.2 Å². The lowest BCUT2D eigenvalue weighted by atomic mass is 9.98. The quantitative estimate of drug-likeness (QED) is 0.820. The lowest BCUT2D eigenvalue weighted by Gasteiger charge is -2.29. The fourth-order valence-corrected chi connectivity index (χ4v) is 4.19. The molecule has 2 saturated heterocycles. The van der Waals surface area contributed by atoms with Gasteiger partial charge in [0.1, 0.15) is 12.6 Å². The number of hydrogen-bond acceptors (Lipinski definition) is 5. The molecule has 0 radical (unpaired) electrons. The summed E-state index contributed by atoms with van der Waals surface area (Å²) in [5.41, 5.74) is 2.09. The molecule has 2 heterocycles. The molecule has 26 heavy (non-hydrogen) atoms. The van der Waals surface area contributed by atoms with E-state index in [9.17, 15) is 10.1 Å². The molecule has 1 saturated carbocycles. The molecule has 1 N–H and O–H groups in total. The summed E-state index contributed by atoms with van der Waals surface area (Å²) in [5, 5.41) is 16.9. The maximum Gasteiger partial charge on any atom is 0.241 e. The molecular formula is C19H23ClN4O2. The van der Waals surface area contributed by atoms with E-state index in [1.54, 1.807) is 4.90 Å². The Labute approximate surface area is 159 Å². The Bertz CT molecular complexity index is 718. The zero-order chi connectivity index (χ0) is 17.2. The van der Waals surface area contributed by atoms with Crippen LogP contribution in [0.2, 0.25) is 0 Å². The molecular weight excluding hydrogens is 352 g/mol. The number of fused-ring (bicyclic) bond motifs is 2. The normalized spacial score (nSPS) is 30.9. The minimum atomic E-state index is -0.254. The summed E-state index contributed by atoms with van der Waals surface area (Å²) in [5.74, 6) is 0.345. The molecule has 1 aromatic rings. The van der Waals surface area contributed by atoms with Crippen LogP contribution in [0.5, 0.6) is 0 Å². The molecule has 0 unspecified atom stereocenters. The molecule has 1 aliphatic carbocycles. The third-order valence-electron chi connectivity index (χ3n) is 5.47. The number of halogens is 1. The number of oxime groups is 1. The summed E-state index contributed by atoms with van der Waals surface area (Å²) in [6.07, 6.45) is 3.44. The van der Waals surface area contributed by atoms with Gasteiger partial charge in [-0.05, 0) is 37.2 Å². The largest absolute Gasteiger partial charge is 0.391 e. The van der Waals surface area contributed by atoms with E-state index in [2.05, 4.69) is 16.5 Å². The average molecular weight is 375 g/mol. The number of rotatable bonds is 4. The van der Waals surface area contributed by atoms with E-state index in [0.717, 1.165) is 37.0 Å². The lowest BCUT2D eigenvalue weighted by Crippen LogP contribution is -2.52. The van der Waals surface area contributed by atoms with Gasteiger partial charge < -0.3 is 9.74 Å². The van der Waals surface area contributed by atoms with Crippen LogP contribution in [0.3, 0.4) is 0 Å². The van der Waals surface area contributed by atoms with Crippen molar-refractivity contribution in [1.29, 1.82) is 5.26 Å². The summed E-state index contributed by atoms with van der Waals surface area (Å²) in [6.45, 7) is 1.16. The molecule has 3 fully saturated rings. The van der Waals surface area contributed by atoms with Gasteiger partial charge in [0.25, 0.3) is 0 Å². The van der Waals surface area contributed by atoms with Crippen molar-refractivity contribution in [2.24, 2.45) is 11.1 Å². The second kappa shape index (κ2) is 8.07. The molecule has 4 atom stereocenters. The summed E-state index contributed by atoms with van der Waals surface area (Å²) in [7, 11) is 0. The molecule has 0 aromatic heterocycles. The monoisotopic (exact) mass is 374 g/mol. The fourth-order valence-electron chi connectivity index (χ4n) is 4.19. The summed E-state index contributed by atoms with van der Waals surface area (Å²) in [6, 6.07) is 11.9. The SMILES string of the molecule is Cl.N#C[C@@H]1CCCN1C(=O)[C@H]1N[C@@H]2C[C@H]1C/C2=N\OCc1ccccc1. The van der Waals surface area contributed by atoms with Crippen molar-refractivity contribution in [1.82, 2.24) is 10.2 Å². The Morgan fingerprint density at radius 3 is 2.88 bits per heavy atom. The maximum atomic E-state index is 12.8. The topological polar surface area (TPSA) is 77.7 Å². The number of likely N-dealkylation sites (tertiary alicyclic amines) is 1. The molecule has 0 spiro atoms. The Kier molecular flexibility index (Phi) is 5.80. The molecule has 7 heteroatoms. The molecule has 3 aliphatic rings. The molecule has 2 aliphatic heterocycles. The predicted octanol–water partition coefficient (Wildman–Crippen LogP) is 2.25. The molecule has 4 rings (SSSR count). The number of nitrogens with one attached hydrogen (secondary N) is 1. The second-order valence-electron chi connectivity index (χ2n) is 7.06. The van der Waals surface area contributed by atoms with Crippen LogP contribution in [-0.2, 0) is 16.2 Å². The fraction of sp³-hybridized carbons (Fsp3) is 0.526. The smallest absolute Gasteiger partial charge is 0.241 e. The van der Waals surface area contributed by atoms with Gasteiger partial charge in [-0.1, -0.05) is 35.5 Å². The van der Waals surface area contributed by atoms with Crippen LogP contribution >= 0.6 is 12.4 Å². The molecule has 1 amide bonds. The summed E-state index contributed by atoms with van der Waals surface area (Å²) >= 11 is 0. The van der Waals surface area contributed by atoms with Gasteiger partial charge in [0, 0.05) is 12.6 Å². The number of hydrogen-bond donors (Lipinski definition) is 1. The van der Waals surface area contributed by atoms with Crippen LogP contribution in [0.4, 0.5) is 0 Å². The first-order valence-electron chi connectivity index (χ1n) is 8.95. The zero-order valence-electron chi connectivity index (χ0n) is 14.5. The Hall–Kier alpha value is -2.10. The number of nitrogens with zero attached hydrogens (tertiary/aromatic N) is 3. The van der Waals surface area contributed by atoms with E-state index in [1.807, 2.05) is 30.3 Å². The third-order valence-corrected chi connectivity index (χ3v) is 5.47. The highest BCUT2D eigenvalue weighted by Gasteiger charge is 2.49. The minimum absolute atomic E-state index is 0. The van der Waals surface area contributed by atoms with E-state index in [4.69, 9.17) is 4.84 Å². The Morgan fingerprint density at radius 1 is 1.38 bits per heavy atom. The van der Waals surface area contributed by atoms with Crippen molar-refractivity contribution in [2.75, 3.05) is 6.54 Å². The van der Waals surface area contributed by atoms with Gasteiger partial charge in [-0.15, -0.1) is 12.4 Å². The van der Waals surface area contributed by atoms with Crippen LogP contribution in [0, 0.1) is 17.2 Å². The Balaban J connectivity index is 0.00000196. The van der Waals surface area contributed by atoms with Crippen molar-refractivity contribution in [2.45, 2.75) is 50.4 Å². The summed E-state index contributed by atoms with van der Waals surface area (Å²) in [4.78, 5) is 20.0.